The maximum absolute atomic E-state index is 13.6. The number of ether oxygens (including phenoxy) is 2. The maximum atomic E-state index is 13.6. The average molecular weight is 332 g/mol. The molecule has 0 unspecified atom stereocenters. The summed E-state index contributed by atoms with van der Waals surface area (Å²) in [4.78, 5) is 12.2. The molecule has 0 heterocycles. The van der Waals surface area contributed by atoms with Crippen LogP contribution in [0.1, 0.15) is 38.7 Å². The highest BCUT2D eigenvalue weighted by atomic mass is 19.4. The van der Waals surface area contributed by atoms with Gasteiger partial charge in [-0.3, -0.25) is 0 Å². The van der Waals surface area contributed by atoms with E-state index >= 15 is 0 Å². The normalized spacial score (nSPS) is 15.7. The fourth-order valence-electron chi connectivity index (χ4n) is 2.29. The molecule has 0 fully saturated rings. The fraction of sp³-hybridized carbons (Fsp3) is 0.588. The molecule has 1 rings (SSSR count). The second-order valence-electron chi connectivity index (χ2n) is 5.54. The van der Waals surface area contributed by atoms with Gasteiger partial charge < -0.3 is 9.47 Å². The Hall–Kier alpha value is -1.56. The number of esters is 1. The van der Waals surface area contributed by atoms with E-state index in [0.29, 0.717) is 12.3 Å². The van der Waals surface area contributed by atoms with E-state index in [1.54, 1.807) is 6.07 Å². The summed E-state index contributed by atoms with van der Waals surface area (Å²) in [5, 5.41) is 0. The summed E-state index contributed by atoms with van der Waals surface area (Å²) in [6.45, 7) is 4.02. The molecule has 6 heteroatoms. The van der Waals surface area contributed by atoms with Crippen molar-refractivity contribution in [3.63, 3.8) is 0 Å². The van der Waals surface area contributed by atoms with Crippen LogP contribution in [0.25, 0.3) is 0 Å². The highest BCUT2D eigenvalue weighted by Gasteiger charge is 2.64. The van der Waals surface area contributed by atoms with Gasteiger partial charge in [-0.1, -0.05) is 50.6 Å². The summed E-state index contributed by atoms with van der Waals surface area (Å²) in [7, 11) is 0.862. The number of carbonyl (C=O) groups excluding carboxylic acids is 1. The highest BCUT2D eigenvalue weighted by Crippen LogP contribution is 2.42. The summed E-state index contributed by atoms with van der Waals surface area (Å²) in [5.74, 6) is -0.986. The van der Waals surface area contributed by atoms with Crippen LogP contribution in [-0.4, -0.2) is 25.9 Å². The highest BCUT2D eigenvalue weighted by molar-refractivity contribution is 5.82. The standard InChI is InChI=1S/C17H23F3O3/c1-4-13(2)9-8-12-23-15(21)16(22-3,17(18,19)20)14-10-6-5-7-11-14/h5-7,10-11,13H,4,8-9,12H2,1-3H3/t13-,16-/m1/s1. The van der Waals surface area contributed by atoms with Crippen molar-refractivity contribution >= 4 is 5.97 Å². The van der Waals surface area contributed by atoms with Crippen molar-refractivity contribution in [2.24, 2.45) is 5.92 Å². The Balaban J connectivity index is 2.91. The first-order valence-corrected chi connectivity index (χ1v) is 7.64. The van der Waals surface area contributed by atoms with E-state index in [1.165, 1.54) is 24.3 Å². The van der Waals surface area contributed by atoms with Gasteiger partial charge in [0.05, 0.1) is 6.61 Å². The van der Waals surface area contributed by atoms with Gasteiger partial charge >= 0.3 is 12.1 Å². The van der Waals surface area contributed by atoms with Crippen molar-refractivity contribution in [2.75, 3.05) is 13.7 Å². The molecule has 0 bridgehead atoms. The summed E-state index contributed by atoms with van der Waals surface area (Å²) in [6.07, 6.45) is -2.63. The zero-order chi connectivity index (χ0) is 17.5. The molecule has 0 radical (unpaired) electrons. The molecular weight excluding hydrogens is 309 g/mol. The molecule has 1 aromatic carbocycles. The van der Waals surface area contributed by atoms with Crippen LogP contribution in [0.5, 0.6) is 0 Å². The van der Waals surface area contributed by atoms with Gasteiger partial charge in [0.2, 0.25) is 0 Å². The van der Waals surface area contributed by atoms with E-state index in [4.69, 9.17) is 4.74 Å². The van der Waals surface area contributed by atoms with Crippen molar-refractivity contribution in [3.8, 4) is 0 Å². The lowest BCUT2D eigenvalue weighted by atomic mass is 9.92. The Morgan fingerprint density at radius 3 is 2.30 bits per heavy atom. The average Bonchev–Trinajstić information content (AvgIpc) is 2.52. The molecule has 0 spiro atoms. The van der Waals surface area contributed by atoms with Crippen LogP contribution >= 0.6 is 0 Å². The molecule has 0 saturated carbocycles. The van der Waals surface area contributed by atoms with Crippen LogP contribution in [-0.2, 0) is 19.9 Å². The molecule has 0 aliphatic rings. The number of hydrogen-bond acceptors (Lipinski definition) is 3. The molecule has 0 aromatic heterocycles. The Kier molecular flexibility index (Phi) is 7.06. The summed E-state index contributed by atoms with van der Waals surface area (Å²) in [6, 6.07) is 6.82. The van der Waals surface area contributed by atoms with E-state index in [9.17, 15) is 18.0 Å². The van der Waals surface area contributed by atoms with Gasteiger partial charge in [0.1, 0.15) is 0 Å². The van der Waals surface area contributed by atoms with Crippen LogP contribution in [0, 0.1) is 5.92 Å². The van der Waals surface area contributed by atoms with Crippen molar-refractivity contribution in [1.29, 1.82) is 0 Å². The fourth-order valence-corrected chi connectivity index (χ4v) is 2.29. The molecule has 0 aliphatic heterocycles. The van der Waals surface area contributed by atoms with Gasteiger partial charge in [-0.25, -0.2) is 4.79 Å². The first-order chi connectivity index (χ1) is 10.8. The van der Waals surface area contributed by atoms with Crippen molar-refractivity contribution in [1.82, 2.24) is 0 Å². The number of halogens is 3. The van der Waals surface area contributed by atoms with Crippen LogP contribution in [0.15, 0.2) is 30.3 Å². The minimum atomic E-state index is -4.92. The maximum Gasteiger partial charge on any atom is 0.432 e. The third kappa shape index (κ3) is 4.47. The predicted octanol–water partition coefficient (Wildman–Crippen LogP) is 4.46. The zero-order valence-electron chi connectivity index (χ0n) is 13.7. The van der Waals surface area contributed by atoms with E-state index in [-0.39, 0.29) is 12.2 Å². The van der Waals surface area contributed by atoms with Crippen molar-refractivity contribution in [3.05, 3.63) is 35.9 Å². The Morgan fingerprint density at radius 1 is 1.22 bits per heavy atom. The molecule has 0 saturated heterocycles. The smallest absolute Gasteiger partial charge is 0.432 e. The molecule has 0 amide bonds. The van der Waals surface area contributed by atoms with Gasteiger partial charge in [-0.2, -0.15) is 13.2 Å². The molecule has 3 nitrogen and oxygen atoms in total. The zero-order valence-corrected chi connectivity index (χ0v) is 13.7. The first kappa shape index (κ1) is 19.5. The SMILES string of the molecule is CC[C@@H](C)CCCOC(=O)[C@](OC)(c1ccccc1)C(F)(F)F. The number of hydrogen-bond donors (Lipinski definition) is 0. The third-order valence-corrected chi connectivity index (χ3v) is 3.94. The van der Waals surface area contributed by atoms with E-state index in [0.717, 1.165) is 20.0 Å². The van der Waals surface area contributed by atoms with Crippen LogP contribution in [0.2, 0.25) is 0 Å². The quantitative estimate of drug-likeness (QED) is 0.521. The Labute approximate surface area is 134 Å². The Bertz CT molecular complexity index is 488. The lowest BCUT2D eigenvalue weighted by Gasteiger charge is -2.32. The second kappa shape index (κ2) is 8.34. The van der Waals surface area contributed by atoms with E-state index in [1.807, 2.05) is 13.8 Å². The minimum Gasteiger partial charge on any atom is -0.463 e. The summed E-state index contributed by atoms with van der Waals surface area (Å²) < 4.78 is 50.3. The number of benzene rings is 1. The van der Waals surface area contributed by atoms with E-state index < -0.39 is 17.7 Å². The minimum absolute atomic E-state index is 0.0583. The molecule has 130 valence electrons. The molecule has 23 heavy (non-hydrogen) atoms. The molecule has 1 aromatic rings. The number of methoxy groups -OCH3 is 1. The molecular formula is C17H23F3O3. The summed E-state index contributed by atoms with van der Waals surface area (Å²) in [5.41, 5.74) is -3.38. The third-order valence-electron chi connectivity index (χ3n) is 3.94. The lowest BCUT2D eigenvalue weighted by Crippen LogP contribution is -2.51. The van der Waals surface area contributed by atoms with Crippen LogP contribution < -0.4 is 0 Å². The lowest BCUT2D eigenvalue weighted by molar-refractivity contribution is -0.276. The molecule has 0 aliphatic carbocycles. The monoisotopic (exact) mass is 332 g/mol. The number of carbonyl (C=O) groups is 1. The van der Waals surface area contributed by atoms with Crippen LogP contribution in [0.4, 0.5) is 13.2 Å². The second-order valence-corrected chi connectivity index (χ2v) is 5.54. The Morgan fingerprint density at radius 2 is 1.83 bits per heavy atom. The van der Waals surface area contributed by atoms with Gasteiger partial charge in [0.25, 0.3) is 5.60 Å². The van der Waals surface area contributed by atoms with Gasteiger partial charge in [0, 0.05) is 12.7 Å². The van der Waals surface area contributed by atoms with Gasteiger partial charge in [0.15, 0.2) is 0 Å². The number of alkyl halides is 3. The van der Waals surface area contributed by atoms with Crippen molar-refractivity contribution in [2.45, 2.75) is 44.9 Å². The topological polar surface area (TPSA) is 35.5 Å². The number of rotatable bonds is 8. The summed E-state index contributed by atoms with van der Waals surface area (Å²) >= 11 is 0. The van der Waals surface area contributed by atoms with Crippen LogP contribution in [0.3, 0.4) is 0 Å². The molecule has 2 atom stereocenters. The van der Waals surface area contributed by atoms with Gasteiger partial charge in [-0.15, -0.1) is 0 Å². The van der Waals surface area contributed by atoms with Gasteiger partial charge in [-0.05, 0) is 18.8 Å². The molecule has 0 N–H and O–H groups in total. The first-order valence-electron chi connectivity index (χ1n) is 7.64. The largest absolute Gasteiger partial charge is 0.463 e. The van der Waals surface area contributed by atoms with E-state index in [2.05, 4.69) is 4.74 Å². The van der Waals surface area contributed by atoms with Crippen molar-refractivity contribution < 1.29 is 27.4 Å². The predicted molar refractivity (Wildman–Crippen MR) is 80.8 cm³/mol.